The molecular formula is C14H16N2O9S. The minimum Gasteiger partial charge on any atom is -0.328 e. The van der Waals surface area contributed by atoms with Crippen LogP contribution in [0.4, 0.5) is 0 Å². The molecule has 1 saturated heterocycles. The van der Waals surface area contributed by atoms with Crippen LogP contribution in [0.3, 0.4) is 0 Å². The quantitative estimate of drug-likeness (QED) is 0.424. The van der Waals surface area contributed by atoms with E-state index in [4.69, 9.17) is 4.55 Å². The molecule has 4 amide bonds. The molecule has 0 aromatic heterocycles. The molecule has 11 nitrogen and oxygen atoms in total. The van der Waals surface area contributed by atoms with Crippen LogP contribution in [0.2, 0.25) is 0 Å². The Morgan fingerprint density at radius 2 is 1.85 bits per heavy atom. The van der Waals surface area contributed by atoms with Crippen molar-refractivity contribution in [2.45, 2.75) is 43.9 Å². The number of nitrogens with zero attached hydrogens (tertiary/aromatic N) is 2. The lowest BCUT2D eigenvalue weighted by atomic mass is 10.1. The second kappa shape index (κ2) is 7.33. The average Bonchev–Trinajstić information content (AvgIpc) is 3.02. The molecule has 1 N–H and O–H groups in total. The van der Waals surface area contributed by atoms with Crippen molar-refractivity contribution < 1.29 is 41.8 Å². The van der Waals surface area contributed by atoms with E-state index < -0.39 is 57.4 Å². The molecule has 0 radical (unpaired) electrons. The number of rotatable bonds is 7. The van der Waals surface area contributed by atoms with Gasteiger partial charge in [0.25, 0.3) is 33.7 Å². The molecule has 2 aliphatic rings. The number of hydrogen-bond donors (Lipinski definition) is 1. The van der Waals surface area contributed by atoms with Crippen LogP contribution in [0, 0.1) is 0 Å². The summed E-state index contributed by atoms with van der Waals surface area (Å²) in [5.74, 6) is -5.29. The Kier molecular flexibility index (Phi) is 5.56. The van der Waals surface area contributed by atoms with Crippen molar-refractivity contribution in [2.24, 2.45) is 0 Å². The van der Waals surface area contributed by atoms with Crippen LogP contribution in [0.1, 0.15) is 32.6 Å². The van der Waals surface area contributed by atoms with Crippen molar-refractivity contribution in [3.05, 3.63) is 12.2 Å². The number of carbonyl (C=O) groups is 5. The predicted molar refractivity (Wildman–Crippen MR) is 82.2 cm³/mol. The Hall–Kier alpha value is -2.60. The highest BCUT2D eigenvalue weighted by atomic mass is 32.2. The van der Waals surface area contributed by atoms with Gasteiger partial charge in [-0.15, -0.1) is 5.06 Å². The molecule has 0 aromatic rings. The van der Waals surface area contributed by atoms with E-state index in [-0.39, 0.29) is 11.5 Å². The molecular weight excluding hydrogens is 372 g/mol. The van der Waals surface area contributed by atoms with Gasteiger partial charge in [0.05, 0.1) is 6.42 Å². The highest BCUT2D eigenvalue weighted by Gasteiger charge is 2.49. The second-order valence-electron chi connectivity index (χ2n) is 5.68. The Morgan fingerprint density at radius 3 is 2.31 bits per heavy atom. The standard InChI is InChI=1S/C14H16N2O9S/c1-2-3-4-8(15-10(17)5-6-11(15)18)14(21)25-16-12(19)7-9(13(16)20)26(22,23)24/h5-6,8-9H,2-4,7H2,1H3,(H,22,23,24). The summed E-state index contributed by atoms with van der Waals surface area (Å²) >= 11 is 0. The van der Waals surface area contributed by atoms with Gasteiger partial charge in [-0.05, 0) is 6.42 Å². The molecule has 2 unspecified atom stereocenters. The first-order valence-corrected chi connectivity index (χ1v) is 9.18. The molecule has 0 spiro atoms. The van der Waals surface area contributed by atoms with Crippen molar-refractivity contribution in [3.8, 4) is 0 Å². The summed E-state index contributed by atoms with van der Waals surface area (Å²) in [4.78, 5) is 65.0. The number of hydroxylamine groups is 2. The fourth-order valence-electron chi connectivity index (χ4n) is 2.53. The van der Waals surface area contributed by atoms with E-state index >= 15 is 0 Å². The molecule has 2 aliphatic heterocycles. The van der Waals surface area contributed by atoms with Crippen LogP contribution in [0.25, 0.3) is 0 Å². The van der Waals surface area contributed by atoms with Gasteiger partial charge in [-0.3, -0.25) is 28.6 Å². The van der Waals surface area contributed by atoms with Crippen molar-refractivity contribution >= 4 is 39.7 Å². The van der Waals surface area contributed by atoms with Crippen LogP contribution in [0.5, 0.6) is 0 Å². The molecule has 0 aliphatic carbocycles. The molecule has 0 bridgehead atoms. The molecule has 12 heteroatoms. The van der Waals surface area contributed by atoms with Crippen LogP contribution in [0.15, 0.2) is 12.2 Å². The third-order valence-corrected chi connectivity index (χ3v) is 4.95. The maximum absolute atomic E-state index is 12.4. The van der Waals surface area contributed by atoms with E-state index in [0.717, 1.165) is 12.2 Å². The second-order valence-corrected chi connectivity index (χ2v) is 7.28. The first kappa shape index (κ1) is 19.7. The fourth-order valence-corrected chi connectivity index (χ4v) is 3.23. The highest BCUT2D eigenvalue weighted by Crippen LogP contribution is 2.22. The van der Waals surface area contributed by atoms with E-state index in [0.29, 0.717) is 17.7 Å². The summed E-state index contributed by atoms with van der Waals surface area (Å²) in [6.45, 7) is 1.80. The molecule has 26 heavy (non-hydrogen) atoms. The lowest BCUT2D eigenvalue weighted by Gasteiger charge is -2.25. The Bertz CT molecular complexity index is 783. The van der Waals surface area contributed by atoms with E-state index in [1.165, 1.54) is 0 Å². The van der Waals surface area contributed by atoms with Gasteiger partial charge in [0.15, 0.2) is 5.25 Å². The summed E-state index contributed by atoms with van der Waals surface area (Å²) < 4.78 is 31.2. The summed E-state index contributed by atoms with van der Waals surface area (Å²) in [6, 6.07) is -1.38. The Labute approximate surface area is 148 Å². The van der Waals surface area contributed by atoms with Crippen LogP contribution < -0.4 is 0 Å². The van der Waals surface area contributed by atoms with Crippen LogP contribution in [-0.4, -0.2) is 63.8 Å². The van der Waals surface area contributed by atoms with E-state index in [9.17, 15) is 32.4 Å². The van der Waals surface area contributed by atoms with E-state index in [1.54, 1.807) is 6.92 Å². The fraction of sp³-hybridized carbons (Fsp3) is 0.500. The number of imide groups is 2. The first-order valence-electron chi connectivity index (χ1n) is 7.68. The largest absolute Gasteiger partial charge is 0.355 e. The topological polar surface area (TPSA) is 155 Å². The molecule has 142 valence electrons. The average molecular weight is 388 g/mol. The zero-order valence-electron chi connectivity index (χ0n) is 13.7. The maximum atomic E-state index is 12.4. The number of hydrogen-bond acceptors (Lipinski definition) is 8. The van der Waals surface area contributed by atoms with Crippen molar-refractivity contribution in [1.29, 1.82) is 0 Å². The summed E-state index contributed by atoms with van der Waals surface area (Å²) in [5, 5.41) is -2.12. The number of unbranched alkanes of at least 4 members (excludes halogenated alkanes) is 1. The normalized spacial score (nSPS) is 21.7. The third-order valence-electron chi connectivity index (χ3n) is 3.86. The zero-order chi connectivity index (χ0) is 19.6. The smallest absolute Gasteiger partial charge is 0.328 e. The third kappa shape index (κ3) is 3.80. The number of carbonyl (C=O) groups excluding carboxylic acids is 5. The highest BCUT2D eigenvalue weighted by molar-refractivity contribution is 7.87. The van der Waals surface area contributed by atoms with Gasteiger partial charge in [-0.1, -0.05) is 19.8 Å². The van der Waals surface area contributed by atoms with Crippen LogP contribution >= 0.6 is 0 Å². The number of amides is 4. The van der Waals surface area contributed by atoms with Gasteiger partial charge in [-0.2, -0.15) is 8.42 Å². The summed E-state index contributed by atoms with van der Waals surface area (Å²) in [7, 11) is -4.85. The van der Waals surface area contributed by atoms with Gasteiger partial charge >= 0.3 is 5.97 Å². The van der Waals surface area contributed by atoms with Gasteiger partial charge in [0, 0.05) is 12.2 Å². The van der Waals surface area contributed by atoms with Crippen molar-refractivity contribution in [1.82, 2.24) is 9.96 Å². The van der Waals surface area contributed by atoms with Gasteiger partial charge in [0.2, 0.25) is 0 Å². The van der Waals surface area contributed by atoms with E-state index in [2.05, 4.69) is 4.84 Å². The van der Waals surface area contributed by atoms with Crippen LogP contribution in [-0.2, 0) is 38.9 Å². The summed E-state index contributed by atoms with van der Waals surface area (Å²) in [6.07, 6.45) is 2.15. The monoisotopic (exact) mass is 388 g/mol. The van der Waals surface area contributed by atoms with Crippen molar-refractivity contribution in [2.75, 3.05) is 0 Å². The SMILES string of the molecule is CCCCC(C(=O)ON1C(=O)CC(S(=O)(=O)O)C1=O)N1C(=O)C=CC1=O. The molecule has 0 aromatic carbocycles. The lowest BCUT2D eigenvalue weighted by molar-refractivity contribution is -0.201. The predicted octanol–water partition coefficient (Wildman–Crippen LogP) is -1.06. The van der Waals surface area contributed by atoms with Gasteiger partial charge < -0.3 is 4.84 Å². The summed E-state index contributed by atoms with van der Waals surface area (Å²) in [5.41, 5.74) is 0. The molecule has 2 heterocycles. The zero-order valence-corrected chi connectivity index (χ0v) is 14.5. The maximum Gasteiger partial charge on any atom is 0.355 e. The Balaban J connectivity index is 2.19. The Morgan fingerprint density at radius 1 is 1.27 bits per heavy atom. The molecule has 0 saturated carbocycles. The van der Waals surface area contributed by atoms with Crippen molar-refractivity contribution in [3.63, 3.8) is 0 Å². The molecule has 1 fully saturated rings. The molecule has 2 rings (SSSR count). The molecule has 2 atom stereocenters. The minimum atomic E-state index is -4.85. The van der Waals surface area contributed by atoms with Gasteiger partial charge in [0.1, 0.15) is 6.04 Å². The lowest BCUT2D eigenvalue weighted by Crippen LogP contribution is -2.48. The minimum absolute atomic E-state index is 0.0342. The van der Waals surface area contributed by atoms with E-state index in [1.807, 2.05) is 0 Å². The first-order chi connectivity index (χ1) is 12.1. The van der Waals surface area contributed by atoms with Gasteiger partial charge in [-0.25, -0.2) is 4.79 Å².